The summed E-state index contributed by atoms with van der Waals surface area (Å²) in [6.07, 6.45) is 5.21. The minimum Gasteiger partial charge on any atom is -0.476 e. The van der Waals surface area contributed by atoms with Gasteiger partial charge in [0, 0.05) is 53.2 Å². The van der Waals surface area contributed by atoms with E-state index in [0.717, 1.165) is 31.4 Å². The van der Waals surface area contributed by atoms with Crippen LogP contribution in [0.3, 0.4) is 0 Å². The van der Waals surface area contributed by atoms with Crippen LogP contribution in [0.15, 0.2) is 18.2 Å². The standard InChI is InChI=1S/C34H53N3O5.2H2/c1-8-41-14-13-36-29-19-28(11-12-31(29)42-34(6,7)33(36)40)37(27-9-10-27)32(39)26-18-25(20-35-21-26)30(38)17-24(15-22(2)3)16-23(4)5;;/h11-12,19,22-27,35H,8-10,13-18,20-21H2,1-7H3;2*1H/t25-,26+;;/m0../s1. The normalized spacial score (nSPS) is 22.0. The Kier molecular flexibility index (Phi) is 10.7. The van der Waals surface area contributed by atoms with Crippen molar-refractivity contribution < 1.29 is 26.7 Å². The van der Waals surface area contributed by atoms with Gasteiger partial charge in [0.05, 0.1) is 18.2 Å². The second kappa shape index (κ2) is 13.9. The van der Waals surface area contributed by atoms with E-state index >= 15 is 0 Å². The molecule has 1 saturated carbocycles. The van der Waals surface area contributed by atoms with E-state index in [0.29, 0.717) is 80.7 Å². The third kappa shape index (κ3) is 7.93. The van der Waals surface area contributed by atoms with Crippen LogP contribution in [-0.4, -0.2) is 62.1 Å². The number of piperidine rings is 1. The number of carbonyl (C=O) groups is 3. The molecule has 238 valence electrons. The molecule has 0 radical (unpaired) electrons. The van der Waals surface area contributed by atoms with Crippen LogP contribution < -0.4 is 19.9 Å². The Hall–Kier alpha value is -2.45. The second-order valence-corrected chi connectivity index (χ2v) is 13.9. The molecule has 1 aromatic rings. The zero-order chi connectivity index (χ0) is 30.6. The number of hydrogen-bond donors (Lipinski definition) is 1. The number of amides is 2. The average Bonchev–Trinajstić information content (AvgIpc) is 3.75. The van der Waals surface area contributed by atoms with Crippen molar-refractivity contribution in [3.8, 4) is 5.75 Å². The predicted octanol–water partition coefficient (Wildman–Crippen LogP) is 6.11. The summed E-state index contributed by atoms with van der Waals surface area (Å²) in [7, 11) is 0. The number of ether oxygens (including phenoxy) is 2. The maximum atomic E-state index is 14.1. The lowest BCUT2D eigenvalue weighted by Crippen LogP contribution is -2.53. The van der Waals surface area contributed by atoms with Gasteiger partial charge in [0.25, 0.3) is 5.91 Å². The van der Waals surface area contributed by atoms with Crippen LogP contribution in [0.1, 0.15) is 89.8 Å². The van der Waals surface area contributed by atoms with Gasteiger partial charge >= 0.3 is 0 Å². The van der Waals surface area contributed by atoms with E-state index in [2.05, 4.69) is 33.0 Å². The topological polar surface area (TPSA) is 88.2 Å². The number of nitrogens with one attached hydrogen (secondary N) is 1. The van der Waals surface area contributed by atoms with Gasteiger partial charge in [0.2, 0.25) is 5.91 Å². The molecule has 2 amide bonds. The van der Waals surface area contributed by atoms with E-state index in [1.807, 2.05) is 30.0 Å². The molecule has 42 heavy (non-hydrogen) atoms. The molecular weight excluding hydrogens is 530 g/mol. The fraction of sp³-hybridized carbons (Fsp3) is 0.735. The Bertz CT molecular complexity index is 1110. The first-order valence-corrected chi connectivity index (χ1v) is 16.2. The summed E-state index contributed by atoms with van der Waals surface area (Å²) in [4.78, 5) is 44.6. The van der Waals surface area contributed by atoms with Crippen LogP contribution in [0.5, 0.6) is 5.75 Å². The maximum Gasteiger partial charge on any atom is 0.270 e. The number of fused-ring (bicyclic) bond motifs is 1. The molecule has 0 unspecified atom stereocenters. The van der Waals surface area contributed by atoms with Crippen molar-refractivity contribution in [2.75, 3.05) is 42.6 Å². The summed E-state index contributed by atoms with van der Waals surface area (Å²) in [5.41, 5.74) is 0.470. The lowest BCUT2D eigenvalue weighted by molar-refractivity contribution is -0.133. The van der Waals surface area contributed by atoms with Gasteiger partial charge in [-0.15, -0.1) is 0 Å². The monoisotopic (exact) mass is 587 g/mol. The fourth-order valence-electron chi connectivity index (χ4n) is 6.70. The van der Waals surface area contributed by atoms with Crippen molar-refractivity contribution in [3.05, 3.63) is 18.2 Å². The summed E-state index contributed by atoms with van der Waals surface area (Å²) >= 11 is 0. The Labute approximate surface area is 255 Å². The van der Waals surface area contributed by atoms with E-state index in [4.69, 9.17) is 9.47 Å². The highest BCUT2D eigenvalue weighted by Gasteiger charge is 2.43. The molecule has 1 aromatic carbocycles. The summed E-state index contributed by atoms with van der Waals surface area (Å²) in [6, 6.07) is 5.88. The molecule has 0 aromatic heterocycles. The Morgan fingerprint density at radius 2 is 1.79 bits per heavy atom. The van der Waals surface area contributed by atoms with Crippen molar-refractivity contribution in [1.29, 1.82) is 0 Å². The second-order valence-electron chi connectivity index (χ2n) is 13.9. The first-order valence-electron chi connectivity index (χ1n) is 16.2. The largest absolute Gasteiger partial charge is 0.476 e. The molecule has 2 aliphatic heterocycles. The first-order chi connectivity index (χ1) is 19.9. The molecule has 8 nitrogen and oxygen atoms in total. The summed E-state index contributed by atoms with van der Waals surface area (Å²) in [5.74, 6) is 1.98. The molecule has 1 N–H and O–H groups in total. The number of hydrogen-bond acceptors (Lipinski definition) is 6. The van der Waals surface area contributed by atoms with E-state index in [9.17, 15) is 14.4 Å². The van der Waals surface area contributed by atoms with Gasteiger partial charge in [-0.25, -0.2) is 0 Å². The van der Waals surface area contributed by atoms with Gasteiger partial charge in [-0.3, -0.25) is 14.4 Å². The van der Waals surface area contributed by atoms with Crippen LogP contribution in [0.25, 0.3) is 0 Å². The molecule has 0 spiro atoms. The molecular formula is C34H57N3O5. The molecule has 2 heterocycles. The highest BCUT2D eigenvalue weighted by atomic mass is 16.5. The molecule has 8 heteroatoms. The smallest absolute Gasteiger partial charge is 0.270 e. The lowest BCUT2D eigenvalue weighted by Gasteiger charge is -2.39. The predicted molar refractivity (Wildman–Crippen MR) is 171 cm³/mol. The van der Waals surface area contributed by atoms with Crippen molar-refractivity contribution in [2.24, 2.45) is 29.6 Å². The molecule has 3 aliphatic rings. The number of benzene rings is 1. The Morgan fingerprint density at radius 3 is 2.40 bits per heavy atom. The van der Waals surface area contributed by atoms with Gasteiger partial charge in [-0.1, -0.05) is 27.7 Å². The zero-order valence-corrected chi connectivity index (χ0v) is 26.9. The van der Waals surface area contributed by atoms with Gasteiger partial charge in [0.1, 0.15) is 11.5 Å². The van der Waals surface area contributed by atoms with E-state index < -0.39 is 5.60 Å². The van der Waals surface area contributed by atoms with Gasteiger partial charge in [-0.05, 0) is 88.8 Å². The minimum atomic E-state index is -0.981. The fourth-order valence-corrected chi connectivity index (χ4v) is 6.70. The number of ketones is 1. The molecule has 1 aliphatic carbocycles. The maximum absolute atomic E-state index is 14.1. The summed E-state index contributed by atoms with van der Waals surface area (Å²) < 4.78 is 11.7. The Morgan fingerprint density at radius 1 is 1.12 bits per heavy atom. The summed E-state index contributed by atoms with van der Waals surface area (Å²) in [5, 5.41) is 3.41. The molecule has 1 saturated heterocycles. The van der Waals surface area contributed by atoms with Gasteiger partial charge < -0.3 is 24.6 Å². The zero-order valence-electron chi connectivity index (χ0n) is 26.9. The number of rotatable bonds is 14. The van der Waals surface area contributed by atoms with E-state index in [-0.39, 0.29) is 32.5 Å². The number of Topliss-reactive ketones (excluding diaryl/α,β-unsaturated/α-hetero) is 1. The first kappa shape index (κ1) is 32.5. The number of carbonyl (C=O) groups excluding carboxylic acids is 3. The number of nitrogens with zero attached hydrogens (tertiary/aromatic N) is 2. The van der Waals surface area contributed by atoms with Crippen molar-refractivity contribution in [3.63, 3.8) is 0 Å². The van der Waals surface area contributed by atoms with E-state index in [1.54, 1.807) is 18.7 Å². The number of anilines is 2. The third-order valence-corrected chi connectivity index (χ3v) is 8.70. The highest BCUT2D eigenvalue weighted by Crippen LogP contribution is 2.43. The molecule has 0 bridgehead atoms. The highest BCUT2D eigenvalue weighted by molar-refractivity contribution is 6.04. The molecule has 2 atom stereocenters. The van der Waals surface area contributed by atoms with Crippen LogP contribution in [0.2, 0.25) is 0 Å². The Balaban J connectivity index is 0.00000337. The SMILES string of the molecule is CCOCCN1C(=O)C(C)(C)Oc2ccc(N(C(=O)[C@H]3CNC[C@@H](C(=O)CC(CC(C)C)CC(C)C)C3)C3CC3)cc21.[HH].[HH]. The van der Waals surface area contributed by atoms with Crippen molar-refractivity contribution in [1.82, 2.24) is 5.32 Å². The van der Waals surface area contributed by atoms with Crippen molar-refractivity contribution in [2.45, 2.75) is 98.6 Å². The van der Waals surface area contributed by atoms with Crippen molar-refractivity contribution >= 4 is 29.0 Å². The van der Waals surface area contributed by atoms with Crippen LogP contribution >= 0.6 is 0 Å². The lowest BCUT2D eigenvalue weighted by atomic mass is 9.80. The van der Waals surface area contributed by atoms with E-state index in [1.165, 1.54) is 0 Å². The van der Waals surface area contributed by atoms with Crippen LogP contribution in [0.4, 0.5) is 11.4 Å². The van der Waals surface area contributed by atoms with Crippen LogP contribution in [-0.2, 0) is 19.1 Å². The summed E-state index contributed by atoms with van der Waals surface area (Å²) in [6.45, 7) is 17.0. The third-order valence-electron chi connectivity index (χ3n) is 8.70. The quantitative estimate of drug-likeness (QED) is 0.264. The van der Waals surface area contributed by atoms with Gasteiger partial charge in [0.15, 0.2) is 5.60 Å². The molecule has 4 rings (SSSR count). The average molecular weight is 588 g/mol. The van der Waals surface area contributed by atoms with Crippen LogP contribution in [0, 0.1) is 29.6 Å². The van der Waals surface area contributed by atoms with Gasteiger partial charge in [-0.2, -0.15) is 0 Å². The molecule has 2 fully saturated rings. The minimum absolute atomic E-state index is 0.